The summed E-state index contributed by atoms with van der Waals surface area (Å²) in [7, 11) is 0. The third-order valence-corrected chi connectivity index (χ3v) is 16.3. The third-order valence-electron chi connectivity index (χ3n) is 16.3. The molecule has 0 radical (unpaired) electrons. The van der Waals surface area contributed by atoms with Gasteiger partial charge in [0, 0.05) is 50.3 Å². The first-order valence-corrected chi connectivity index (χ1v) is 27.6. The van der Waals surface area contributed by atoms with Crippen molar-refractivity contribution in [2.24, 2.45) is 10.9 Å². The Labute approximate surface area is 461 Å². The summed E-state index contributed by atoms with van der Waals surface area (Å²) in [5.74, 6) is 0.989. The van der Waals surface area contributed by atoms with Gasteiger partial charge in [-0.1, -0.05) is 202 Å². The molecule has 0 saturated heterocycles. The van der Waals surface area contributed by atoms with E-state index in [1.165, 1.54) is 43.8 Å². The minimum Gasteiger partial charge on any atom is -0.456 e. The van der Waals surface area contributed by atoms with Gasteiger partial charge in [-0.05, 0) is 148 Å². The van der Waals surface area contributed by atoms with Crippen LogP contribution in [-0.4, -0.2) is 22.3 Å². The molecule has 13 rings (SSSR count). The van der Waals surface area contributed by atoms with Gasteiger partial charge in [0.15, 0.2) is 5.84 Å². The molecule has 0 spiro atoms. The van der Waals surface area contributed by atoms with Gasteiger partial charge in [-0.25, -0.2) is 4.99 Å². The predicted octanol–water partition coefficient (Wildman–Crippen LogP) is 19.5. The number of hydrogen-bond acceptors (Lipinski definition) is 2. The lowest BCUT2D eigenvalue weighted by Gasteiger charge is -2.22. The summed E-state index contributed by atoms with van der Waals surface area (Å²) in [5.41, 5.74) is 18.1. The molecule has 382 valence electrons. The second-order valence-corrected chi connectivity index (χ2v) is 21.0. The summed E-state index contributed by atoms with van der Waals surface area (Å²) in [6, 6.07) is 69.8. The molecule has 2 N–H and O–H groups in total. The Kier molecular flexibility index (Phi) is 12.7. The van der Waals surface area contributed by atoms with Gasteiger partial charge in [0.05, 0.1) is 16.7 Å². The number of benzene rings is 10. The average molecular weight is 1020 g/mol. The molecule has 0 bridgehead atoms. The zero-order valence-electron chi connectivity index (χ0n) is 45.0. The number of allylic oxidation sites excluding steroid dienone is 5. The van der Waals surface area contributed by atoms with Crippen molar-refractivity contribution in [1.29, 1.82) is 5.41 Å². The van der Waals surface area contributed by atoms with E-state index in [0.29, 0.717) is 5.84 Å². The Morgan fingerprint density at radius 3 is 2.09 bits per heavy atom. The number of fused-ring (bicyclic) bond motifs is 10. The van der Waals surface area contributed by atoms with Crippen molar-refractivity contribution in [1.82, 2.24) is 9.88 Å². The normalized spacial score (nSPS) is 13.8. The van der Waals surface area contributed by atoms with Crippen LogP contribution in [0.25, 0.3) is 116 Å². The maximum Gasteiger partial charge on any atom is 0.154 e. The van der Waals surface area contributed by atoms with E-state index in [9.17, 15) is 5.41 Å². The van der Waals surface area contributed by atoms with Crippen LogP contribution in [0, 0.1) is 11.3 Å². The van der Waals surface area contributed by atoms with Gasteiger partial charge in [-0.3, -0.25) is 5.41 Å². The van der Waals surface area contributed by atoms with Crippen LogP contribution < -0.4 is 5.32 Å². The molecule has 0 fully saturated rings. The van der Waals surface area contributed by atoms with E-state index in [2.05, 4.69) is 244 Å². The summed E-state index contributed by atoms with van der Waals surface area (Å²) in [6.07, 6.45) is 15.0. The molecule has 2 atom stereocenters. The lowest BCUT2D eigenvalue weighted by molar-refractivity contribution is 0.532. The standard InChI is InChI=1S/C74H60N4O/c1-6-18-46(4)47(5)76-74(77-73(75)58-38-33-49-19-9-10-21-55(49)41-58)62-27-17-28-69-72(62)65-44-63(54-36-31-51(32-37-54)50-29-34-53(35-30-50)60-25-16-15-24-59(60)48(7-2)8-3)68(45-70(65)79-69)78-66-40-39-52-20-13-14-26-61(52)71(66)64-42-56-22-11-12-23-57(56)43-67(64)78/h6-10,12-21,23-47H,2,11,22H2,1,3-5H3,(H2,75,76,77)/b18-6-,48-8-/t46?,47-/m1/s1. The Balaban J connectivity index is 1.02. The molecule has 1 aliphatic rings. The molecule has 2 aromatic heterocycles. The molecule has 0 saturated carbocycles. The molecular formula is C74H60N4O. The Morgan fingerprint density at radius 1 is 0.620 bits per heavy atom. The summed E-state index contributed by atoms with van der Waals surface area (Å²) in [6.45, 7) is 12.6. The van der Waals surface area contributed by atoms with Crippen LogP contribution in [0.1, 0.15) is 61.9 Å². The van der Waals surface area contributed by atoms with E-state index >= 15 is 0 Å². The van der Waals surface area contributed by atoms with Crippen LogP contribution in [0.3, 0.4) is 0 Å². The molecule has 0 aliphatic heterocycles. The van der Waals surface area contributed by atoms with Crippen molar-refractivity contribution in [3.8, 4) is 39.1 Å². The quantitative estimate of drug-likeness (QED) is 0.0587. The number of amidine groups is 2. The smallest absolute Gasteiger partial charge is 0.154 e. The Bertz CT molecular complexity index is 4540. The minimum absolute atomic E-state index is 0.00392. The zero-order valence-corrected chi connectivity index (χ0v) is 45.0. The molecule has 1 aliphatic carbocycles. The summed E-state index contributed by atoms with van der Waals surface area (Å²) in [5, 5.41) is 22.4. The van der Waals surface area contributed by atoms with Gasteiger partial charge in [0.25, 0.3) is 0 Å². The highest BCUT2D eigenvalue weighted by atomic mass is 16.3. The molecule has 10 aromatic carbocycles. The molecule has 5 heteroatoms. The van der Waals surface area contributed by atoms with Crippen LogP contribution in [-0.2, 0) is 6.42 Å². The molecule has 12 aromatic rings. The van der Waals surface area contributed by atoms with Crippen molar-refractivity contribution < 1.29 is 4.42 Å². The lowest BCUT2D eigenvalue weighted by atomic mass is 9.92. The van der Waals surface area contributed by atoms with Gasteiger partial charge >= 0.3 is 0 Å². The number of aliphatic imine (C=N–C) groups is 1. The van der Waals surface area contributed by atoms with Crippen molar-refractivity contribution in [2.75, 3.05) is 0 Å². The van der Waals surface area contributed by atoms with Crippen LogP contribution in [0.4, 0.5) is 0 Å². The van der Waals surface area contributed by atoms with Crippen LogP contribution in [0.2, 0.25) is 0 Å². The average Bonchev–Trinajstić information content (AvgIpc) is 4.13. The maximum absolute atomic E-state index is 9.54. The van der Waals surface area contributed by atoms with E-state index in [4.69, 9.17) is 9.41 Å². The fourth-order valence-corrected chi connectivity index (χ4v) is 12.0. The van der Waals surface area contributed by atoms with Crippen LogP contribution in [0.5, 0.6) is 0 Å². The predicted molar refractivity (Wildman–Crippen MR) is 337 cm³/mol. The Hall–Kier alpha value is -9.58. The molecule has 2 heterocycles. The topological polar surface area (TPSA) is 66.3 Å². The van der Waals surface area contributed by atoms with Gasteiger partial charge in [0.2, 0.25) is 0 Å². The summed E-state index contributed by atoms with van der Waals surface area (Å²) < 4.78 is 9.53. The largest absolute Gasteiger partial charge is 0.456 e. The van der Waals surface area contributed by atoms with E-state index in [1.807, 2.05) is 30.3 Å². The Morgan fingerprint density at radius 2 is 1.32 bits per heavy atom. The minimum atomic E-state index is -0.00392. The van der Waals surface area contributed by atoms with E-state index in [0.717, 1.165) is 107 Å². The van der Waals surface area contributed by atoms with E-state index in [1.54, 1.807) is 0 Å². The number of rotatable bonds is 11. The monoisotopic (exact) mass is 1020 g/mol. The number of aromatic nitrogens is 1. The highest BCUT2D eigenvalue weighted by Crippen LogP contribution is 2.45. The summed E-state index contributed by atoms with van der Waals surface area (Å²) >= 11 is 0. The molecule has 79 heavy (non-hydrogen) atoms. The second-order valence-electron chi connectivity index (χ2n) is 21.0. The highest BCUT2D eigenvalue weighted by Gasteiger charge is 2.25. The highest BCUT2D eigenvalue weighted by molar-refractivity contribution is 6.24. The molecule has 1 unspecified atom stereocenters. The third kappa shape index (κ3) is 8.78. The van der Waals surface area contributed by atoms with E-state index < -0.39 is 0 Å². The fraction of sp³-hybridized carbons (Fsp3) is 0.108. The first-order chi connectivity index (χ1) is 38.8. The number of furan rings is 1. The summed E-state index contributed by atoms with van der Waals surface area (Å²) in [4.78, 5) is 5.20. The van der Waals surface area contributed by atoms with Crippen molar-refractivity contribution in [2.45, 2.75) is 46.6 Å². The first kappa shape index (κ1) is 49.0. The molecule has 5 nitrogen and oxygen atoms in total. The SMILES string of the molecule is C=C/C(=C/C)c1ccccc1-c1ccc(-c2ccc(-c3cc4c(cc3-n3c5cc6c(cc5c5c7ccccc7ccc53)CCC=C6)oc3cccc(/C(=N/C(=N)c5ccc6ccccc6c5)N[C@H](C)C(C)/C=C\C)c34)cc2)cc1. The zero-order chi connectivity index (χ0) is 53.7. The molecule has 0 amide bonds. The van der Waals surface area contributed by atoms with Gasteiger partial charge < -0.3 is 14.3 Å². The number of nitrogens with one attached hydrogen (secondary N) is 2. The first-order valence-electron chi connectivity index (χ1n) is 27.6. The van der Waals surface area contributed by atoms with Crippen molar-refractivity contribution >= 4 is 88.6 Å². The maximum atomic E-state index is 9.54. The fourth-order valence-electron chi connectivity index (χ4n) is 12.0. The molecular weight excluding hydrogens is 961 g/mol. The van der Waals surface area contributed by atoms with Crippen molar-refractivity contribution in [3.63, 3.8) is 0 Å². The van der Waals surface area contributed by atoms with Gasteiger partial charge in [-0.2, -0.15) is 0 Å². The van der Waals surface area contributed by atoms with Crippen LogP contribution in [0.15, 0.2) is 240 Å². The van der Waals surface area contributed by atoms with E-state index in [-0.39, 0.29) is 17.8 Å². The van der Waals surface area contributed by atoms with Crippen LogP contribution >= 0.6 is 0 Å². The number of hydrogen-bond donors (Lipinski definition) is 2. The second kappa shape index (κ2) is 20.4. The van der Waals surface area contributed by atoms with Crippen molar-refractivity contribution in [3.05, 3.63) is 259 Å². The van der Waals surface area contributed by atoms with Gasteiger partial charge in [-0.15, -0.1) is 0 Å². The number of aryl methyl sites for hydroxylation is 1. The number of nitrogens with zero attached hydrogens (tertiary/aromatic N) is 2. The lowest BCUT2D eigenvalue weighted by Crippen LogP contribution is -2.37. The van der Waals surface area contributed by atoms with Gasteiger partial charge in [0.1, 0.15) is 17.0 Å².